The van der Waals surface area contributed by atoms with Crippen LogP contribution in [0.5, 0.6) is 0 Å². The summed E-state index contributed by atoms with van der Waals surface area (Å²) in [4.78, 5) is 37.7. The zero-order valence-corrected chi connectivity index (χ0v) is 37.4. The van der Waals surface area contributed by atoms with Gasteiger partial charge in [0, 0.05) is 19.3 Å². The molecule has 0 aromatic rings. The largest absolute Gasteiger partial charge is 0.462 e. The number of hydrogen-bond donors (Lipinski definition) is 0. The van der Waals surface area contributed by atoms with E-state index in [0.29, 0.717) is 19.3 Å². The predicted octanol–water partition coefficient (Wildman–Crippen LogP) is 15.6. The number of carbonyl (C=O) groups excluding carboxylic acids is 3. The van der Waals surface area contributed by atoms with Crippen molar-refractivity contribution in [2.75, 3.05) is 13.2 Å². The molecule has 0 aliphatic heterocycles. The number of ether oxygens (including phenoxy) is 3. The molecule has 328 valence electrons. The van der Waals surface area contributed by atoms with E-state index >= 15 is 0 Å². The molecule has 0 aromatic heterocycles. The number of carbonyl (C=O) groups is 3. The summed E-state index contributed by atoms with van der Waals surface area (Å²) in [6.07, 6.45) is 50.4. The van der Waals surface area contributed by atoms with Crippen molar-refractivity contribution in [2.45, 2.75) is 264 Å². The van der Waals surface area contributed by atoms with Crippen LogP contribution in [0.2, 0.25) is 0 Å². The summed E-state index contributed by atoms with van der Waals surface area (Å²) in [5.41, 5.74) is 0. The second-order valence-electron chi connectivity index (χ2n) is 16.4. The average Bonchev–Trinajstić information content (AvgIpc) is 3.19. The molecule has 0 radical (unpaired) electrons. The molecular formula is C50H92O6. The van der Waals surface area contributed by atoms with Gasteiger partial charge >= 0.3 is 17.9 Å². The lowest BCUT2D eigenvalue weighted by Crippen LogP contribution is -2.30. The minimum atomic E-state index is -0.775. The zero-order chi connectivity index (χ0) is 40.8. The molecule has 0 spiro atoms. The average molecular weight is 789 g/mol. The van der Waals surface area contributed by atoms with Gasteiger partial charge in [0.15, 0.2) is 6.10 Å². The Hall–Kier alpha value is -2.11. The van der Waals surface area contributed by atoms with Crippen molar-refractivity contribution in [2.24, 2.45) is 0 Å². The maximum Gasteiger partial charge on any atom is 0.306 e. The van der Waals surface area contributed by atoms with Crippen LogP contribution in [0.4, 0.5) is 0 Å². The Bertz CT molecular complexity index is 911. The SMILES string of the molecule is CC/C=C\C/C=C\CCCCC(=O)OCC(COC(=O)CCCCCCCCCCCCCCCCCCCCC)OC(=O)CCCCCCCCCCCC. The summed E-state index contributed by atoms with van der Waals surface area (Å²) in [5, 5.41) is 0. The molecule has 1 unspecified atom stereocenters. The van der Waals surface area contributed by atoms with Gasteiger partial charge in [0.25, 0.3) is 0 Å². The Morgan fingerprint density at radius 2 is 0.696 bits per heavy atom. The summed E-state index contributed by atoms with van der Waals surface area (Å²) >= 11 is 0. The maximum absolute atomic E-state index is 12.7. The van der Waals surface area contributed by atoms with Crippen molar-refractivity contribution < 1.29 is 28.6 Å². The second-order valence-corrected chi connectivity index (χ2v) is 16.4. The highest BCUT2D eigenvalue weighted by atomic mass is 16.6. The van der Waals surface area contributed by atoms with Crippen LogP contribution in [-0.4, -0.2) is 37.2 Å². The van der Waals surface area contributed by atoms with Gasteiger partial charge in [-0.1, -0.05) is 218 Å². The molecule has 0 bridgehead atoms. The van der Waals surface area contributed by atoms with Crippen LogP contribution < -0.4 is 0 Å². The third-order valence-electron chi connectivity index (χ3n) is 10.7. The quantitative estimate of drug-likeness (QED) is 0.0265. The Morgan fingerprint density at radius 1 is 0.375 bits per heavy atom. The van der Waals surface area contributed by atoms with Crippen LogP contribution in [0.1, 0.15) is 258 Å². The zero-order valence-electron chi connectivity index (χ0n) is 37.4. The topological polar surface area (TPSA) is 78.9 Å². The summed E-state index contributed by atoms with van der Waals surface area (Å²) < 4.78 is 16.7. The van der Waals surface area contributed by atoms with Crippen molar-refractivity contribution in [1.29, 1.82) is 0 Å². The molecule has 56 heavy (non-hydrogen) atoms. The minimum Gasteiger partial charge on any atom is -0.462 e. The van der Waals surface area contributed by atoms with Gasteiger partial charge in [0.05, 0.1) is 0 Å². The third-order valence-corrected chi connectivity index (χ3v) is 10.7. The molecular weight excluding hydrogens is 697 g/mol. The second kappa shape index (κ2) is 45.6. The maximum atomic E-state index is 12.7. The van der Waals surface area contributed by atoms with E-state index in [9.17, 15) is 14.4 Å². The van der Waals surface area contributed by atoms with Gasteiger partial charge in [-0.05, 0) is 44.9 Å². The molecule has 0 heterocycles. The van der Waals surface area contributed by atoms with Crippen molar-refractivity contribution in [3.63, 3.8) is 0 Å². The fourth-order valence-corrected chi connectivity index (χ4v) is 7.07. The first kappa shape index (κ1) is 53.9. The van der Waals surface area contributed by atoms with Crippen LogP contribution in [0.15, 0.2) is 24.3 Å². The van der Waals surface area contributed by atoms with E-state index in [1.165, 1.54) is 148 Å². The normalized spacial score (nSPS) is 12.1. The molecule has 6 nitrogen and oxygen atoms in total. The van der Waals surface area contributed by atoms with E-state index in [4.69, 9.17) is 14.2 Å². The molecule has 6 heteroatoms. The fourth-order valence-electron chi connectivity index (χ4n) is 7.07. The van der Waals surface area contributed by atoms with Gasteiger partial charge in [-0.15, -0.1) is 0 Å². The van der Waals surface area contributed by atoms with Crippen molar-refractivity contribution >= 4 is 17.9 Å². The highest BCUT2D eigenvalue weighted by Crippen LogP contribution is 2.16. The van der Waals surface area contributed by atoms with Crippen molar-refractivity contribution in [3.8, 4) is 0 Å². The lowest BCUT2D eigenvalue weighted by molar-refractivity contribution is -0.167. The number of allylic oxidation sites excluding steroid dienone is 4. The number of hydrogen-bond acceptors (Lipinski definition) is 6. The van der Waals surface area contributed by atoms with E-state index in [1.54, 1.807) is 0 Å². The van der Waals surface area contributed by atoms with Crippen LogP contribution in [0.3, 0.4) is 0 Å². The smallest absolute Gasteiger partial charge is 0.306 e. The standard InChI is InChI=1S/C50H92O6/c1-4-7-10-13-16-19-21-22-23-24-25-26-27-28-29-32-34-37-40-43-49(52)55-46-47(45-54-48(51)42-39-36-33-30-18-15-12-9-6-3)56-50(53)44-41-38-35-31-20-17-14-11-8-5-2/h9,12,18,30,47H,4-8,10-11,13-17,19-29,31-46H2,1-3H3/b12-9-,30-18-. The van der Waals surface area contributed by atoms with Gasteiger partial charge in [0.1, 0.15) is 13.2 Å². The molecule has 0 aliphatic rings. The molecule has 1 atom stereocenters. The fraction of sp³-hybridized carbons (Fsp3) is 0.860. The highest BCUT2D eigenvalue weighted by molar-refractivity contribution is 5.71. The Morgan fingerprint density at radius 3 is 1.07 bits per heavy atom. The lowest BCUT2D eigenvalue weighted by atomic mass is 10.0. The Labute approximate surface area is 347 Å². The molecule has 0 saturated carbocycles. The lowest BCUT2D eigenvalue weighted by Gasteiger charge is -2.18. The first-order valence-corrected chi connectivity index (χ1v) is 24.3. The highest BCUT2D eigenvalue weighted by Gasteiger charge is 2.19. The summed E-state index contributed by atoms with van der Waals surface area (Å²) in [6, 6.07) is 0. The molecule has 0 N–H and O–H groups in total. The van der Waals surface area contributed by atoms with E-state index < -0.39 is 6.10 Å². The van der Waals surface area contributed by atoms with E-state index in [1.807, 2.05) is 0 Å². The van der Waals surface area contributed by atoms with Gasteiger partial charge in [-0.25, -0.2) is 0 Å². The van der Waals surface area contributed by atoms with E-state index in [0.717, 1.165) is 70.6 Å². The predicted molar refractivity (Wildman–Crippen MR) is 238 cm³/mol. The Kier molecular flexibility index (Phi) is 43.9. The number of rotatable bonds is 44. The first-order valence-electron chi connectivity index (χ1n) is 24.3. The van der Waals surface area contributed by atoms with Crippen LogP contribution >= 0.6 is 0 Å². The third kappa shape index (κ3) is 43.0. The van der Waals surface area contributed by atoms with Crippen molar-refractivity contribution in [1.82, 2.24) is 0 Å². The van der Waals surface area contributed by atoms with E-state index in [2.05, 4.69) is 45.1 Å². The molecule has 0 aliphatic carbocycles. The van der Waals surface area contributed by atoms with Crippen molar-refractivity contribution in [3.05, 3.63) is 24.3 Å². The molecule has 0 rings (SSSR count). The summed E-state index contributed by atoms with van der Waals surface area (Å²) in [7, 11) is 0. The van der Waals surface area contributed by atoms with Gasteiger partial charge in [-0.3, -0.25) is 14.4 Å². The molecule has 0 aromatic carbocycles. The van der Waals surface area contributed by atoms with Crippen LogP contribution in [0.25, 0.3) is 0 Å². The van der Waals surface area contributed by atoms with Gasteiger partial charge < -0.3 is 14.2 Å². The van der Waals surface area contributed by atoms with Gasteiger partial charge in [0.2, 0.25) is 0 Å². The molecule has 0 fully saturated rings. The summed E-state index contributed by atoms with van der Waals surface area (Å²) in [5.74, 6) is -0.908. The van der Waals surface area contributed by atoms with E-state index in [-0.39, 0.29) is 31.1 Å². The monoisotopic (exact) mass is 789 g/mol. The first-order chi connectivity index (χ1) is 27.5. The van der Waals surface area contributed by atoms with Crippen LogP contribution in [-0.2, 0) is 28.6 Å². The minimum absolute atomic E-state index is 0.0771. The molecule has 0 amide bonds. The summed E-state index contributed by atoms with van der Waals surface area (Å²) in [6.45, 7) is 6.49. The Balaban J connectivity index is 4.22. The van der Waals surface area contributed by atoms with Gasteiger partial charge in [-0.2, -0.15) is 0 Å². The van der Waals surface area contributed by atoms with Crippen LogP contribution in [0, 0.1) is 0 Å². The number of esters is 3. The number of unbranched alkanes of at least 4 members (excludes halogenated alkanes) is 29. The molecule has 0 saturated heterocycles.